The monoisotopic (exact) mass is 592 g/mol. The van der Waals surface area contributed by atoms with Crippen molar-refractivity contribution in [3.63, 3.8) is 0 Å². The molecule has 0 unspecified atom stereocenters. The van der Waals surface area contributed by atoms with Crippen LogP contribution in [0.1, 0.15) is 54.7 Å². The molecule has 0 aromatic heterocycles. The molecule has 0 nitrogen and oxygen atoms in total. The molecular formula is C31H32Cl2SiZr-2. The van der Waals surface area contributed by atoms with Gasteiger partial charge in [-0.05, 0) is 6.42 Å². The van der Waals surface area contributed by atoms with Crippen LogP contribution in [0.2, 0.25) is 6.55 Å². The number of fused-ring (bicyclic) bond motifs is 3. The average molecular weight is 595 g/mol. The molecule has 0 saturated heterocycles. The van der Waals surface area contributed by atoms with E-state index in [-0.39, 0.29) is 30.2 Å². The summed E-state index contributed by atoms with van der Waals surface area (Å²) < 4.78 is 0. The second-order valence-corrected chi connectivity index (χ2v) is 16.3. The number of rotatable bonds is 2. The van der Waals surface area contributed by atoms with Gasteiger partial charge < -0.3 is 24.8 Å². The zero-order chi connectivity index (χ0) is 22.9. The van der Waals surface area contributed by atoms with Gasteiger partial charge in [-0.2, -0.15) is 53.6 Å². The van der Waals surface area contributed by atoms with Gasteiger partial charge in [0.15, 0.2) is 0 Å². The largest absolute Gasteiger partial charge is 1.00 e. The number of halogens is 2. The molecule has 2 aliphatic carbocycles. The summed E-state index contributed by atoms with van der Waals surface area (Å²) in [5, 5.41) is 1.56. The van der Waals surface area contributed by atoms with E-state index < -0.39 is 0 Å². The van der Waals surface area contributed by atoms with Crippen LogP contribution in [0.15, 0.2) is 97.1 Å². The number of hydrogen-bond acceptors (Lipinski definition) is 0. The van der Waals surface area contributed by atoms with Crippen LogP contribution >= 0.6 is 0 Å². The molecule has 35 heavy (non-hydrogen) atoms. The van der Waals surface area contributed by atoms with Crippen LogP contribution < -0.4 is 30.0 Å². The molecule has 0 spiro atoms. The van der Waals surface area contributed by atoms with Crippen LogP contribution in [0.3, 0.4) is 0 Å². The molecule has 2 aliphatic rings. The molecule has 0 heterocycles. The Morgan fingerprint density at radius 2 is 1.51 bits per heavy atom. The van der Waals surface area contributed by atoms with E-state index in [0.29, 0.717) is 0 Å². The smallest absolute Gasteiger partial charge is 0.0253 e. The molecule has 4 aromatic carbocycles. The standard InChI is InChI=1S/C13H9.C11H15.C7H8Si.2ClH.Zr/c1-3-7-12-10(5-1)9-11-6-2-4-8-13(11)12;1-2-6-10(7-3-1)11-8-4-5-9-11;1-8-7-5-3-2-4-6-7;;;/h1-5,7-8H,9H2;4-5,8-10H,1-3,6-7H2;2-6H,1H3;2*1H;/q2*-1;;;;+2/p-2. The van der Waals surface area contributed by atoms with Crippen LogP contribution in [0.25, 0.3) is 11.1 Å². The zero-order valence-corrected chi connectivity index (χ0v) is 25.3. The summed E-state index contributed by atoms with van der Waals surface area (Å²) >= 11 is 1.69. The van der Waals surface area contributed by atoms with Crippen LogP contribution in [0, 0.1) is 6.07 Å². The molecule has 0 atom stereocenters. The normalized spacial score (nSPS) is 13.3. The van der Waals surface area contributed by atoms with Crippen molar-refractivity contribution < 1.29 is 48.1 Å². The fourth-order valence-corrected chi connectivity index (χ4v) is 6.70. The molecule has 4 heteroatoms. The van der Waals surface area contributed by atoms with E-state index in [4.69, 9.17) is 0 Å². The van der Waals surface area contributed by atoms with Crippen molar-refractivity contribution >= 4 is 10.6 Å². The van der Waals surface area contributed by atoms with Crippen molar-refractivity contribution in [3.8, 4) is 11.1 Å². The van der Waals surface area contributed by atoms with Gasteiger partial charge in [-0.1, -0.05) is 73.4 Å². The molecule has 6 rings (SSSR count). The Morgan fingerprint density at radius 3 is 2.17 bits per heavy atom. The van der Waals surface area contributed by atoms with Crippen molar-refractivity contribution in [3.05, 3.63) is 120 Å². The molecule has 0 aliphatic heterocycles. The van der Waals surface area contributed by atoms with Crippen LogP contribution in [0.4, 0.5) is 0 Å². The molecule has 0 bridgehead atoms. The van der Waals surface area contributed by atoms with E-state index >= 15 is 0 Å². The van der Waals surface area contributed by atoms with E-state index in [1.165, 1.54) is 54.4 Å². The topological polar surface area (TPSA) is 0 Å². The van der Waals surface area contributed by atoms with E-state index in [1.54, 1.807) is 34.1 Å². The summed E-state index contributed by atoms with van der Waals surface area (Å²) in [4.78, 5) is 0. The maximum absolute atomic E-state index is 3.30. The summed E-state index contributed by atoms with van der Waals surface area (Å²) in [5.74, 6) is 0.888. The summed E-state index contributed by atoms with van der Waals surface area (Å²) in [7, 11) is 0. The third kappa shape index (κ3) is 8.64. The van der Waals surface area contributed by atoms with Crippen molar-refractivity contribution in [2.24, 2.45) is 0 Å². The first-order valence-electron chi connectivity index (χ1n) is 12.1. The van der Waals surface area contributed by atoms with Gasteiger partial charge in [0.2, 0.25) is 0 Å². The molecule has 0 amide bonds. The minimum Gasteiger partial charge on any atom is -1.00 e. The number of benzene rings is 3. The average Bonchev–Trinajstić information content (AvgIpc) is 3.54. The summed E-state index contributed by atoms with van der Waals surface area (Å²) in [6.07, 6.45) is 8.23. The van der Waals surface area contributed by atoms with Crippen LogP contribution in [0.5, 0.6) is 0 Å². The Balaban J connectivity index is 0.000000183. The van der Waals surface area contributed by atoms with Gasteiger partial charge in [0.1, 0.15) is 0 Å². The van der Waals surface area contributed by atoms with Gasteiger partial charge in [0.05, 0.1) is 0 Å². The van der Waals surface area contributed by atoms with Crippen molar-refractivity contribution in [1.29, 1.82) is 0 Å². The quantitative estimate of drug-likeness (QED) is 0.215. The van der Waals surface area contributed by atoms with Gasteiger partial charge in [-0.15, -0.1) is 5.56 Å². The predicted molar refractivity (Wildman–Crippen MR) is 139 cm³/mol. The first-order valence-corrected chi connectivity index (χ1v) is 17.8. The molecule has 1 saturated carbocycles. The van der Waals surface area contributed by atoms with Crippen molar-refractivity contribution in [1.82, 2.24) is 0 Å². The maximum Gasteiger partial charge on any atom is -0.0253 e. The fourth-order valence-electron chi connectivity index (χ4n) is 4.78. The third-order valence-electron chi connectivity index (χ3n) is 6.59. The van der Waals surface area contributed by atoms with Gasteiger partial charge >= 0.3 is 70.8 Å². The molecule has 0 N–H and O–H groups in total. The maximum atomic E-state index is 3.30. The molecule has 180 valence electrons. The minimum atomic E-state index is -0.122. The second kappa shape index (κ2) is 15.7. The van der Waals surface area contributed by atoms with E-state index in [1.807, 2.05) is 6.07 Å². The number of hydrogen-bond donors (Lipinski definition) is 0. The minimum absolute atomic E-state index is 0. The molecular weight excluding hydrogens is 563 g/mol. The van der Waals surface area contributed by atoms with Gasteiger partial charge in [0.25, 0.3) is 0 Å². The Labute approximate surface area is 239 Å². The molecule has 0 radical (unpaired) electrons. The van der Waals surface area contributed by atoms with E-state index in [9.17, 15) is 0 Å². The Hall–Kier alpha value is -1.31. The Kier molecular flexibility index (Phi) is 13.4. The first kappa shape index (κ1) is 29.9. The SMILES string of the molecule is C[Si](=[Zr+2])c1ccccc1.[Cl-].[Cl-].[c-]1cccc2c1Cc1ccccc1-2.c1cc(C2CCCCC2)c[cH-]1. The van der Waals surface area contributed by atoms with Crippen molar-refractivity contribution in [2.45, 2.75) is 51.0 Å². The van der Waals surface area contributed by atoms with Crippen LogP contribution in [-0.2, 0) is 29.8 Å². The fraction of sp³-hybridized carbons (Fsp3) is 0.258. The Morgan fingerprint density at radius 1 is 0.829 bits per heavy atom. The second-order valence-electron chi connectivity index (χ2n) is 8.94. The summed E-state index contributed by atoms with van der Waals surface area (Å²) in [5.41, 5.74) is 6.96. The van der Waals surface area contributed by atoms with E-state index in [2.05, 4.69) is 104 Å². The van der Waals surface area contributed by atoms with Crippen LogP contribution in [-0.4, -0.2) is 5.43 Å². The van der Waals surface area contributed by atoms with Crippen molar-refractivity contribution in [2.75, 3.05) is 0 Å². The Bertz CT molecular complexity index is 1110. The third-order valence-corrected chi connectivity index (χ3v) is 9.92. The van der Waals surface area contributed by atoms with E-state index in [0.717, 1.165) is 12.3 Å². The summed E-state index contributed by atoms with van der Waals surface area (Å²) in [6.45, 7) is 2.35. The molecule has 1 fully saturated rings. The van der Waals surface area contributed by atoms with Gasteiger partial charge in [0, 0.05) is 0 Å². The first-order chi connectivity index (χ1) is 16.2. The predicted octanol–water partition coefficient (Wildman–Crippen LogP) is 1.58. The van der Waals surface area contributed by atoms with Gasteiger partial charge in [-0.3, -0.25) is 0 Å². The van der Waals surface area contributed by atoms with Gasteiger partial charge in [-0.25, -0.2) is 6.07 Å². The molecule has 4 aromatic rings. The summed E-state index contributed by atoms with van der Waals surface area (Å²) in [6, 6.07) is 37.7. The zero-order valence-electron chi connectivity index (χ0n) is 20.3.